The minimum absolute atomic E-state index is 0.0403. The van der Waals surface area contributed by atoms with Gasteiger partial charge < -0.3 is 19.4 Å². The number of hydrogen-bond acceptors (Lipinski definition) is 6. The van der Waals surface area contributed by atoms with E-state index in [0.29, 0.717) is 17.4 Å². The quantitative estimate of drug-likeness (QED) is 0.0205. The lowest BCUT2D eigenvalue weighted by atomic mass is 10.0. The SMILES string of the molecule is CCCCC/C=C\C/C=C\C/C=C\CCCCCCCCCCC(=O)OC(/C=C/CCCCCCCCCCCC)C(COP(=O)(O)OCC[N+](C)(C)C)NC(=O)CCCCCCCCCCCCCCCCCC. The van der Waals surface area contributed by atoms with Crippen LogP contribution in [0.1, 0.15) is 303 Å². The lowest BCUT2D eigenvalue weighted by Crippen LogP contribution is -2.47. The molecule has 3 unspecified atom stereocenters. The number of esters is 1. The number of unbranched alkanes of at least 4 members (excludes halogenated alkanes) is 36. The maximum absolute atomic E-state index is 13.5. The first-order chi connectivity index (χ1) is 36.4. The molecule has 0 aromatic carbocycles. The van der Waals surface area contributed by atoms with Crippen LogP contribution in [0.2, 0.25) is 0 Å². The minimum atomic E-state index is -4.45. The molecule has 0 spiro atoms. The van der Waals surface area contributed by atoms with Gasteiger partial charge in [-0.25, -0.2) is 4.57 Å². The maximum atomic E-state index is 13.5. The number of nitrogens with zero attached hydrogens (tertiary/aromatic N) is 1. The van der Waals surface area contributed by atoms with Crippen LogP contribution in [0.15, 0.2) is 48.6 Å². The fraction of sp³-hybridized carbons (Fsp3) is 0.846. The number of carbonyl (C=O) groups excluding carboxylic acids is 2. The van der Waals surface area contributed by atoms with Crippen LogP contribution in [0.25, 0.3) is 0 Å². The lowest BCUT2D eigenvalue weighted by Gasteiger charge is -2.27. The van der Waals surface area contributed by atoms with Gasteiger partial charge in [0.1, 0.15) is 19.3 Å². The fourth-order valence-electron chi connectivity index (χ4n) is 9.30. The van der Waals surface area contributed by atoms with Gasteiger partial charge in [0.15, 0.2) is 0 Å². The van der Waals surface area contributed by atoms with Crippen molar-refractivity contribution in [3.8, 4) is 0 Å². The number of hydrogen-bond donors (Lipinski definition) is 2. The molecular weight excluding hydrogens is 952 g/mol. The van der Waals surface area contributed by atoms with Crippen LogP contribution in [-0.4, -0.2) is 74.3 Å². The van der Waals surface area contributed by atoms with Gasteiger partial charge in [0, 0.05) is 12.8 Å². The van der Waals surface area contributed by atoms with E-state index >= 15 is 0 Å². The third-order valence-corrected chi connectivity index (χ3v) is 15.3. The molecule has 10 heteroatoms. The van der Waals surface area contributed by atoms with Gasteiger partial charge in [-0.15, -0.1) is 0 Å². The summed E-state index contributed by atoms with van der Waals surface area (Å²) in [6, 6.07) is -0.848. The van der Waals surface area contributed by atoms with E-state index in [9.17, 15) is 19.0 Å². The summed E-state index contributed by atoms with van der Waals surface area (Å²) in [6.07, 6.45) is 68.1. The maximum Gasteiger partial charge on any atom is 0.472 e. The predicted molar refractivity (Wildman–Crippen MR) is 323 cm³/mol. The summed E-state index contributed by atoms with van der Waals surface area (Å²) in [5, 5.41) is 3.06. The molecule has 2 N–H and O–H groups in total. The second kappa shape index (κ2) is 55.3. The van der Waals surface area contributed by atoms with Crippen molar-refractivity contribution in [2.75, 3.05) is 40.9 Å². The second-order valence-electron chi connectivity index (χ2n) is 22.9. The number of nitrogens with one attached hydrogen (secondary N) is 1. The zero-order valence-electron chi connectivity index (χ0n) is 50.3. The highest BCUT2D eigenvalue weighted by atomic mass is 31.2. The third-order valence-electron chi connectivity index (χ3n) is 14.3. The Morgan fingerprint density at radius 2 is 0.813 bits per heavy atom. The van der Waals surface area contributed by atoms with E-state index in [2.05, 4.69) is 62.5 Å². The molecule has 0 aliphatic rings. The topological polar surface area (TPSA) is 111 Å². The van der Waals surface area contributed by atoms with Crippen LogP contribution in [-0.2, 0) is 27.9 Å². The van der Waals surface area contributed by atoms with Crippen molar-refractivity contribution in [2.24, 2.45) is 0 Å². The lowest BCUT2D eigenvalue weighted by molar-refractivity contribution is -0.870. The molecule has 0 rings (SSSR count). The summed E-state index contributed by atoms with van der Waals surface area (Å²) in [7, 11) is 1.50. The number of phosphoric acid groups is 1. The van der Waals surface area contributed by atoms with E-state index in [4.69, 9.17) is 13.8 Å². The van der Waals surface area contributed by atoms with Crippen LogP contribution in [0.4, 0.5) is 0 Å². The predicted octanol–water partition coefficient (Wildman–Crippen LogP) is 19.7. The summed E-state index contributed by atoms with van der Waals surface area (Å²) in [5.41, 5.74) is 0. The number of carbonyl (C=O) groups is 2. The van der Waals surface area contributed by atoms with Gasteiger partial charge >= 0.3 is 13.8 Å². The number of allylic oxidation sites excluding steroid dienone is 7. The zero-order valence-corrected chi connectivity index (χ0v) is 51.2. The molecule has 0 heterocycles. The molecule has 1 amide bonds. The Kier molecular flexibility index (Phi) is 53.8. The number of phosphoric ester groups is 1. The Labute approximate surface area is 465 Å². The molecule has 0 saturated carbocycles. The Balaban J connectivity index is 5.21. The van der Waals surface area contributed by atoms with Crippen molar-refractivity contribution in [3.63, 3.8) is 0 Å². The van der Waals surface area contributed by atoms with Crippen LogP contribution in [0.3, 0.4) is 0 Å². The first kappa shape index (κ1) is 73.0. The first-order valence-corrected chi connectivity index (χ1v) is 33.5. The van der Waals surface area contributed by atoms with Gasteiger partial charge in [-0.1, -0.05) is 269 Å². The van der Waals surface area contributed by atoms with Gasteiger partial charge in [0.25, 0.3) is 0 Å². The molecule has 0 fully saturated rings. The second-order valence-corrected chi connectivity index (χ2v) is 24.4. The van der Waals surface area contributed by atoms with Gasteiger partial charge in [0.2, 0.25) is 5.91 Å². The highest BCUT2D eigenvalue weighted by Crippen LogP contribution is 2.43. The molecule has 0 radical (unpaired) electrons. The van der Waals surface area contributed by atoms with E-state index in [1.165, 1.54) is 186 Å². The molecule has 440 valence electrons. The number of ether oxygens (including phenoxy) is 1. The van der Waals surface area contributed by atoms with Crippen molar-refractivity contribution in [1.29, 1.82) is 0 Å². The Morgan fingerprint density at radius 3 is 1.24 bits per heavy atom. The van der Waals surface area contributed by atoms with E-state index in [0.717, 1.165) is 83.5 Å². The molecule has 0 saturated heterocycles. The standard InChI is InChI=1S/C65H123N2O7P/c1-7-10-13-16-19-22-25-28-30-32-33-34-35-36-38-40-43-46-49-52-55-58-65(69)74-63(56-53-50-47-44-41-27-24-21-18-15-12-9-3)62(61-73-75(70,71)72-60-59-67(4,5)6)66-64(68)57-54-51-48-45-42-39-37-31-29-26-23-20-17-14-11-8-2/h19,22,28,30,33-34,53,56,62-63H,7-18,20-21,23-27,29,31-32,35-52,54-55,57-61H2,1-6H3,(H-,66,68,70,71)/p+1/b22-19-,30-28-,34-33-,56-53+. The molecule has 0 aromatic heterocycles. The Morgan fingerprint density at radius 1 is 0.467 bits per heavy atom. The summed E-state index contributed by atoms with van der Waals surface area (Å²) < 4.78 is 30.7. The van der Waals surface area contributed by atoms with Crippen LogP contribution < -0.4 is 5.32 Å². The fourth-order valence-corrected chi connectivity index (χ4v) is 10.0. The molecular formula is C65H124N2O7P+. The van der Waals surface area contributed by atoms with Crippen molar-refractivity contribution in [1.82, 2.24) is 5.32 Å². The van der Waals surface area contributed by atoms with E-state index in [-0.39, 0.29) is 31.5 Å². The van der Waals surface area contributed by atoms with Crippen molar-refractivity contribution < 1.29 is 37.3 Å². The van der Waals surface area contributed by atoms with E-state index in [1.807, 2.05) is 33.3 Å². The largest absolute Gasteiger partial charge is 0.472 e. The molecule has 0 aliphatic heterocycles. The highest BCUT2D eigenvalue weighted by molar-refractivity contribution is 7.47. The molecule has 0 aliphatic carbocycles. The summed E-state index contributed by atoms with van der Waals surface area (Å²) in [6.45, 7) is 7.01. The molecule has 9 nitrogen and oxygen atoms in total. The summed E-state index contributed by atoms with van der Waals surface area (Å²) >= 11 is 0. The third kappa shape index (κ3) is 56.5. The van der Waals surface area contributed by atoms with Gasteiger partial charge in [-0.05, 0) is 70.3 Å². The van der Waals surface area contributed by atoms with E-state index < -0.39 is 20.0 Å². The van der Waals surface area contributed by atoms with Gasteiger partial charge in [-0.3, -0.25) is 18.6 Å². The molecule has 0 bridgehead atoms. The number of quaternary nitrogens is 1. The number of rotatable bonds is 58. The first-order valence-electron chi connectivity index (χ1n) is 32.0. The average Bonchev–Trinajstić information content (AvgIpc) is 3.37. The Hall–Kier alpha value is -2.03. The smallest absolute Gasteiger partial charge is 0.456 e. The van der Waals surface area contributed by atoms with Crippen LogP contribution in [0, 0.1) is 0 Å². The monoisotopic (exact) mass is 1080 g/mol. The number of likely N-dealkylation sites (N-methyl/N-ethyl adjacent to an activating group) is 1. The van der Waals surface area contributed by atoms with Gasteiger partial charge in [0.05, 0.1) is 33.8 Å². The van der Waals surface area contributed by atoms with Gasteiger partial charge in [-0.2, -0.15) is 0 Å². The van der Waals surface area contributed by atoms with Crippen molar-refractivity contribution in [2.45, 2.75) is 315 Å². The average molecular weight is 1080 g/mol. The summed E-state index contributed by atoms with van der Waals surface area (Å²) in [4.78, 5) is 37.7. The van der Waals surface area contributed by atoms with Crippen molar-refractivity contribution >= 4 is 19.7 Å². The zero-order chi connectivity index (χ0) is 55.0. The highest BCUT2D eigenvalue weighted by Gasteiger charge is 2.30. The van der Waals surface area contributed by atoms with Crippen LogP contribution in [0.5, 0.6) is 0 Å². The van der Waals surface area contributed by atoms with Crippen molar-refractivity contribution in [3.05, 3.63) is 48.6 Å². The number of amides is 1. The normalized spacial score (nSPS) is 14.0. The molecule has 75 heavy (non-hydrogen) atoms. The van der Waals surface area contributed by atoms with Crippen LogP contribution >= 0.6 is 7.82 Å². The summed E-state index contributed by atoms with van der Waals surface area (Å²) in [5.74, 6) is -0.502. The Bertz CT molecular complexity index is 1420. The molecule has 0 aromatic rings. The van der Waals surface area contributed by atoms with E-state index in [1.54, 1.807) is 0 Å². The minimum Gasteiger partial charge on any atom is -0.456 e. The molecule has 3 atom stereocenters.